The molecule has 17 heavy (non-hydrogen) atoms. The van der Waals surface area contributed by atoms with Gasteiger partial charge in [-0.2, -0.15) is 0 Å². The molecule has 0 saturated heterocycles. The van der Waals surface area contributed by atoms with Crippen molar-refractivity contribution >= 4 is 23.1 Å². The van der Waals surface area contributed by atoms with E-state index in [1.165, 1.54) is 12.2 Å². The Morgan fingerprint density at radius 3 is 2.59 bits per heavy atom. The van der Waals surface area contributed by atoms with Crippen LogP contribution in [0.2, 0.25) is 0 Å². The van der Waals surface area contributed by atoms with Gasteiger partial charge in [-0.1, -0.05) is 54.1 Å². The molecule has 0 aromatic heterocycles. The second-order valence-electron chi connectivity index (χ2n) is 3.81. The maximum Gasteiger partial charge on any atom is 0.315 e. The molecule has 4 heteroatoms. The van der Waals surface area contributed by atoms with Crippen LogP contribution in [-0.2, 0) is 4.79 Å². The highest BCUT2D eigenvalue weighted by Crippen LogP contribution is 2.37. The zero-order valence-electron chi connectivity index (χ0n) is 8.81. The first-order chi connectivity index (χ1) is 8.00. The predicted octanol–water partition coefficient (Wildman–Crippen LogP) is 3.25. The van der Waals surface area contributed by atoms with E-state index in [4.69, 9.17) is 16.7 Å². The molecule has 1 aromatic rings. The van der Waals surface area contributed by atoms with Crippen molar-refractivity contribution < 1.29 is 14.3 Å². The number of aliphatic carboxylic acids is 1. The van der Waals surface area contributed by atoms with Crippen molar-refractivity contribution in [2.45, 2.75) is 5.13 Å². The number of carbonyl (C=O) groups is 1. The molecule has 0 fully saturated rings. The zero-order chi connectivity index (χ0) is 12.5. The highest BCUT2D eigenvalue weighted by molar-refractivity contribution is 6.26. The number of halogens is 2. The molecule has 2 unspecified atom stereocenters. The van der Waals surface area contributed by atoms with E-state index >= 15 is 0 Å². The molecule has 1 N–H and O–H groups in total. The van der Waals surface area contributed by atoms with Gasteiger partial charge in [-0.3, -0.25) is 4.79 Å². The summed E-state index contributed by atoms with van der Waals surface area (Å²) in [5.74, 6) is -2.65. The number of allylic oxidation sites excluding steroid dienone is 3. The van der Waals surface area contributed by atoms with Crippen LogP contribution in [0.1, 0.15) is 5.56 Å². The Hall–Kier alpha value is -1.61. The van der Waals surface area contributed by atoms with Crippen molar-refractivity contribution in [3.8, 4) is 0 Å². The van der Waals surface area contributed by atoms with Crippen LogP contribution < -0.4 is 0 Å². The lowest BCUT2D eigenvalue weighted by Crippen LogP contribution is -2.32. The number of alkyl halides is 2. The molecule has 2 atom stereocenters. The summed E-state index contributed by atoms with van der Waals surface area (Å²) in [6.07, 6.45) is 3.92. The van der Waals surface area contributed by atoms with E-state index in [2.05, 4.69) is 0 Å². The normalized spacial score (nSPS) is 27.6. The first-order valence-corrected chi connectivity index (χ1v) is 5.45. The lowest BCUT2D eigenvalue weighted by atomic mass is 9.91. The summed E-state index contributed by atoms with van der Waals surface area (Å²) in [4.78, 5) is 10.9. The number of benzene rings is 1. The van der Waals surface area contributed by atoms with Crippen LogP contribution in [0.25, 0.3) is 5.57 Å². The van der Waals surface area contributed by atoms with Crippen molar-refractivity contribution in [3.05, 3.63) is 54.1 Å². The molecule has 1 aromatic carbocycles. The van der Waals surface area contributed by atoms with Gasteiger partial charge in [0.05, 0.1) is 0 Å². The average molecular weight is 253 g/mol. The van der Waals surface area contributed by atoms with E-state index in [0.717, 1.165) is 11.6 Å². The van der Waals surface area contributed by atoms with Crippen molar-refractivity contribution in [2.75, 3.05) is 0 Å². The molecule has 0 saturated carbocycles. The molecule has 1 aliphatic carbocycles. The van der Waals surface area contributed by atoms with E-state index in [-0.39, 0.29) is 0 Å². The van der Waals surface area contributed by atoms with Gasteiger partial charge in [-0.25, -0.2) is 4.39 Å². The topological polar surface area (TPSA) is 37.3 Å². The second-order valence-corrected chi connectivity index (χ2v) is 4.39. The smallest absolute Gasteiger partial charge is 0.315 e. The molecule has 2 rings (SSSR count). The third kappa shape index (κ3) is 2.39. The fraction of sp³-hybridized carbons (Fsp3) is 0.154. The number of carboxylic acids is 1. The fourth-order valence-electron chi connectivity index (χ4n) is 1.71. The largest absolute Gasteiger partial charge is 0.481 e. The van der Waals surface area contributed by atoms with Gasteiger partial charge in [-0.05, 0) is 17.2 Å². The number of carboxylic acid groups (broad SMARTS) is 1. The summed E-state index contributed by atoms with van der Waals surface area (Å²) in [6.45, 7) is 0. The Labute approximate surface area is 103 Å². The van der Waals surface area contributed by atoms with Gasteiger partial charge in [0.1, 0.15) is 5.92 Å². The van der Waals surface area contributed by atoms with Gasteiger partial charge >= 0.3 is 5.97 Å². The third-order valence-corrected chi connectivity index (χ3v) is 2.98. The molecule has 0 heterocycles. The zero-order valence-corrected chi connectivity index (χ0v) is 9.56. The average Bonchev–Trinajstić information content (AvgIpc) is 2.29. The van der Waals surface area contributed by atoms with Crippen LogP contribution in [0.5, 0.6) is 0 Å². The Morgan fingerprint density at radius 2 is 2.00 bits per heavy atom. The quantitative estimate of drug-likeness (QED) is 0.821. The van der Waals surface area contributed by atoms with E-state index in [9.17, 15) is 9.18 Å². The monoisotopic (exact) mass is 252 g/mol. The minimum Gasteiger partial charge on any atom is -0.481 e. The van der Waals surface area contributed by atoms with Crippen LogP contribution >= 0.6 is 11.6 Å². The first-order valence-electron chi connectivity index (χ1n) is 5.08. The molecular formula is C13H10ClFO2. The molecular weight excluding hydrogens is 243 g/mol. The minimum atomic E-state index is -2.36. The van der Waals surface area contributed by atoms with Gasteiger partial charge in [0, 0.05) is 0 Å². The maximum absolute atomic E-state index is 13.7. The summed E-state index contributed by atoms with van der Waals surface area (Å²) < 4.78 is 13.7. The number of rotatable bonds is 2. The molecule has 88 valence electrons. The van der Waals surface area contributed by atoms with Gasteiger partial charge < -0.3 is 5.11 Å². The van der Waals surface area contributed by atoms with Crippen molar-refractivity contribution in [3.63, 3.8) is 0 Å². The Kier molecular flexibility index (Phi) is 3.03. The fourth-order valence-corrected chi connectivity index (χ4v) is 1.93. The second kappa shape index (κ2) is 4.34. The van der Waals surface area contributed by atoms with E-state index < -0.39 is 17.0 Å². The third-order valence-electron chi connectivity index (χ3n) is 2.62. The Bertz CT molecular complexity index is 491. The SMILES string of the molecule is O=C(O)C1C=C(c2ccccc2)C=CC1(F)Cl. The van der Waals surface area contributed by atoms with Crippen LogP contribution in [0, 0.1) is 5.92 Å². The number of hydrogen-bond donors (Lipinski definition) is 1. The summed E-state index contributed by atoms with van der Waals surface area (Å²) in [7, 11) is 0. The predicted molar refractivity (Wildman–Crippen MR) is 64.4 cm³/mol. The van der Waals surface area contributed by atoms with Gasteiger partial charge in [0.25, 0.3) is 0 Å². The van der Waals surface area contributed by atoms with Gasteiger partial charge in [0.15, 0.2) is 0 Å². The molecule has 0 radical (unpaired) electrons. The van der Waals surface area contributed by atoms with Crippen LogP contribution in [-0.4, -0.2) is 16.2 Å². The highest BCUT2D eigenvalue weighted by Gasteiger charge is 2.40. The first kappa shape index (κ1) is 11.9. The number of hydrogen-bond acceptors (Lipinski definition) is 1. The molecule has 0 amide bonds. The van der Waals surface area contributed by atoms with Crippen molar-refractivity contribution in [1.82, 2.24) is 0 Å². The standard InChI is InChI=1S/C13H10ClFO2/c14-13(15)7-6-10(8-11(13)12(16)17)9-4-2-1-3-5-9/h1-8,11H,(H,16,17). The van der Waals surface area contributed by atoms with Gasteiger partial charge in [0.2, 0.25) is 5.13 Å². The lowest BCUT2D eigenvalue weighted by Gasteiger charge is -2.23. The van der Waals surface area contributed by atoms with Crippen LogP contribution in [0.4, 0.5) is 4.39 Å². The summed E-state index contributed by atoms with van der Waals surface area (Å²) in [5.41, 5.74) is 1.49. The Morgan fingerprint density at radius 1 is 1.35 bits per heavy atom. The molecule has 1 aliphatic rings. The highest BCUT2D eigenvalue weighted by atomic mass is 35.5. The summed E-state index contributed by atoms with van der Waals surface area (Å²) >= 11 is 5.51. The van der Waals surface area contributed by atoms with Crippen molar-refractivity contribution in [2.24, 2.45) is 5.92 Å². The lowest BCUT2D eigenvalue weighted by molar-refractivity contribution is -0.142. The van der Waals surface area contributed by atoms with Crippen molar-refractivity contribution in [1.29, 1.82) is 0 Å². The van der Waals surface area contributed by atoms with E-state index in [0.29, 0.717) is 5.57 Å². The molecule has 0 bridgehead atoms. The summed E-state index contributed by atoms with van der Waals surface area (Å²) in [6, 6.07) is 9.17. The molecule has 2 nitrogen and oxygen atoms in total. The van der Waals surface area contributed by atoms with E-state index in [1.54, 1.807) is 0 Å². The van der Waals surface area contributed by atoms with Gasteiger partial charge in [-0.15, -0.1) is 0 Å². The minimum absolute atomic E-state index is 0.659. The molecule has 0 spiro atoms. The maximum atomic E-state index is 13.7. The summed E-state index contributed by atoms with van der Waals surface area (Å²) in [5, 5.41) is 6.58. The van der Waals surface area contributed by atoms with Crippen LogP contribution in [0.15, 0.2) is 48.6 Å². The Balaban J connectivity index is 2.39. The van der Waals surface area contributed by atoms with E-state index in [1.807, 2.05) is 30.3 Å². The van der Waals surface area contributed by atoms with Crippen LogP contribution in [0.3, 0.4) is 0 Å². The molecule has 0 aliphatic heterocycles.